The maximum Gasteiger partial charge on any atom is 0.244 e. The van der Waals surface area contributed by atoms with Gasteiger partial charge in [-0.05, 0) is 46.8 Å². The molecule has 20 heavy (non-hydrogen) atoms. The number of sulfonamides is 1. The van der Waals surface area contributed by atoms with Gasteiger partial charge in [0, 0.05) is 23.6 Å². The Morgan fingerprint density at radius 1 is 1.40 bits per heavy atom. The topological polar surface area (TPSA) is 63.4 Å². The second-order valence-electron chi connectivity index (χ2n) is 5.07. The molecular weight excluding hydrogens is 364 g/mol. The van der Waals surface area contributed by atoms with Crippen LogP contribution >= 0.6 is 28.3 Å². The van der Waals surface area contributed by atoms with E-state index in [-0.39, 0.29) is 18.4 Å². The van der Waals surface area contributed by atoms with Crippen LogP contribution in [0.1, 0.15) is 19.8 Å². The van der Waals surface area contributed by atoms with Gasteiger partial charge in [0.05, 0.1) is 4.90 Å². The molecule has 1 aliphatic rings. The van der Waals surface area contributed by atoms with Gasteiger partial charge in [0.1, 0.15) is 0 Å². The molecule has 1 aliphatic heterocycles. The van der Waals surface area contributed by atoms with E-state index in [1.807, 2.05) is 6.07 Å². The summed E-state index contributed by atoms with van der Waals surface area (Å²) in [5, 5.41) is 0. The lowest BCUT2D eigenvalue weighted by molar-refractivity contribution is 0.211. The number of halogens is 2. The van der Waals surface area contributed by atoms with E-state index < -0.39 is 10.0 Å². The fourth-order valence-electron chi connectivity index (χ4n) is 2.54. The van der Waals surface area contributed by atoms with E-state index in [9.17, 15) is 8.42 Å². The second-order valence-corrected chi connectivity index (χ2v) is 7.78. The van der Waals surface area contributed by atoms with Crippen LogP contribution in [0.15, 0.2) is 33.6 Å². The first-order valence-corrected chi connectivity index (χ1v) is 8.66. The van der Waals surface area contributed by atoms with Crippen LogP contribution in [0, 0.1) is 5.92 Å². The van der Waals surface area contributed by atoms with Crippen LogP contribution in [-0.4, -0.2) is 31.9 Å². The van der Waals surface area contributed by atoms with Crippen LogP contribution < -0.4 is 5.73 Å². The van der Waals surface area contributed by atoms with Crippen molar-refractivity contribution < 1.29 is 8.42 Å². The Morgan fingerprint density at radius 2 is 2.05 bits per heavy atom. The molecule has 2 rings (SSSR count). The average Bonchev–Trinajstić information content (AvgIpc) is 2.38. The summed E-state index contributed by atoms with van der Waals surface area (Å²) in [5.41, 5.74) is 5.75. The summed E-state index contributed by atoms with van der Waals surface area (Å²) in [4.78, 5) is 0.322. The molecule has 1 fully saturated rings. The van der Waals surface area contributed by atoms with Crippen molar-refractivity contribution in [2.24, 2.45) is 11.7 Å². The highest BCUT2D eigenvalue weighted by molar-refractivity contribution is 9.10. The highest BCUT2D eigenvalue weighted by Crippen LogP contribution is 2.31. The molecule has 114 valence electrons. The summed E-state index contributed by atoms with van der Waals surface area (Å²) < 4.78 is 27.6. The molecule has 0 spiro atoms. The molecular formula is C13H20BrClN2O2S. The minimum absolute atomic E-state index is 0. The molecule has 0 bridgehead atoms. The van der Waals surface area contributed by atoms with Gasteiger partial charge in [0.15, 0.2) is 0 Å². The fraction of sp³-hybridized carbons (Fsp3) is 0.538. The number of nitrogens with two attached hydrogens (primary N) is 1. The van der Waals surface area contributed by atoms with E-state index in [4.69, 9.17) is 5.73 Å². The molecule has 0 aromatic heterocycles. The number of benzene rings is 1. The zero-order chi connectivity index (χ0) is 14.0. The maximum atomic E-state index is 12.7. The summed E-state index contributed by atoms with van der Waals surface area (Å²) in [7, 11) is -3.47. The Hall–Kier alpha value is -0.140. The SMILES string of the molecule is CC1CCN(S(=O)(=O)c2ccccc2Br)C(CN)C1.Cl. The van der Waals surface area contributed by atoms with Gasteiger partial charge >= 0.3 is 0 Å². The van der Waals surface area contributed by atoms with Crippen molar-refractivity contribution in [2.45, 2.75) is 30.7 Å². The van der Waals surface area contributed by atoms with Gasteiger partial charge in [-0.3, -0.25) is 0 Å². The summed E-state index contributed by atoms with van der Waals surface area (Å²) in [6.07, 6.45) is 1.72. The average molecular weight is 384 g/mol. The van der Waals surface area contributed by atoms with Crippen LogP contribution in [0.2, 0.25) is 0 Å². The van der Waals surface area contributed by atoms with Crippen LogP contribution in [0.4, 0.5) is 0 Å². The summed E-state index contributed by atoms with van der Waals surface area (Å²) in [6, 6.07) is 6.83. The van der Waals surface area contributed by atoms with E-state index >= 15 is 0 Å². The van der Waals surface area contributed by atoms with Crippen molar-refractivity contribution >= 4 is 38.4 Å². The number of hydrogen-bond acceptors (Lipinski definition) is 3. The first kappa shape index (κ1) is 17.9. The van der Waals surface area contributed by atoms with Crippen molar-refractivity contribution in [1.82, 2.24) is 4.31 Å². The molecule has 2 unspecified atom stereocenters. The summed E-state index contributed by atoms with van der Waals surface area (Å²) >= 11 is 3.32. The lowest BCUT2D eigenvalue weighted by atomic mass is 9.94. The van der Waals surface area contributed by atoms with Crippen molar-refractivity contribution in [3.63, 3.8) is 0 Å². The normalized spacial score (nSPS) is 24.1. The van der Waals surface area contributed by atoms with Crippen LogP contribution in [0.3, 0.4) is 0 Å². The molecule has 0 saturated carbocycles. The van der Waals surface area contributed by atoms with Gasteiger partial charge < -0.3 is 5.73 Å². The van der Waals surface area contributed by atoms with Gasteiger partial charge in [-0.15, -0.1) is 12.4 Å². The third-order valence-corrected chi connectivity index (χ3v) is 6.58. The number of rotatable bonds is 3. The number of nitrogens with zero attached hydrogens (tertiary/aromatic N) is 1. The van der Waals surface area contributed by atoms with E-state index in [2.05, 4.69) is 22.9 Å². The highest BCUT2D eigenvalue weighted by Gasteiger charge is 2.35. The van der Waals surface area contributed by atoms with E-state index in [1.165, 1.54) is 0 Å². The van der Waals surface area contributed by atoms with Gasteiger partial charge in [-0.1, -0.05) is 19.1 Å². The zero-order valence-corrected chi connectivity index (χ0v) is 14.5. The predicted octanol–water partition coefficient (Wildman–Crippen LogP) is 2.62. The highest BCUT2D eigenvalue weighted by atomic mass is 79.9. The molecule has 7 heteroatoms. The standard InChI is InChI=1S/C13H19BrN2O2S.ClH/c1-10-6-7-16(11(8-10)9-15)19(17,18)13-5-3-2-4-12(13)14;/h2-5,10-11H,6-9,15H2,1H3;1H. The van der Waals surface area contributed by atoms with E-state index in [0.717, 1.165) is 12.8 Å². The van der Waals surface area contributed by atoms with Crippen molar-refractivity contribution in [3.05, 3.63) is 28.7 Å². The molecule has 4 nitrogen and oxygen atoms in total. The van der Waals surface area contributed by atoms with Gasteiger partial charge in [-0.2, -0.15) is 4.31 Å². The molecule has 0 aliphatic carbocycles. The minimum atomic E-state index is -3.47. The van der Waals surface area contributed by atoms with Crippen molar-refractivity contribution in [3.8, 4) is 0 Å². The quantitative estimate of drug-likeness (QED) is 0.872. The van der Waals surface area contributed by atoms with Gasteiger partial charge in [0.2, 0.25) is 10.0 Å². The monoisotopic (exact) mass is 382 g/mol. The molecule has 1 aromatic rings. The van der Waals surface area contributed by atoms with Crippen LogP contribution in [-0.2, 0) is 10.0 Å². The largest absolute Gasteiger partial charge is 0.329 e. The van der Waals surface area contributed by atoms with Crippen molar-refractivity contribution in [2.75, 3.05) is 13.1 Å². The molecule has 1 saturated heterocycles. The Balaban J connectivity index is 0.00000200. The van der Waals surface area contributed by atoms with Gasteiger partial charge in [0.25, 0.3) is 0 Å². The Bertz CT molecular complexity index is 553. The summed E-state index contributed by atoms with van der Waals surface area (Å²) in [5.74, 6) is 0.527. The number of piperidine rings is 1. The molecule has 2 atom stereocenters. The third kappa shape index (κ3) is 3.54. The molecule has 2 N–H and O–H groups in total. The lowest BCUT2D eigenvalue weighted by Crippen LogP contribution is -2.49. The maximum absolute atomic E-state index is 12.7. The van der Waals surface area contributed by atoms with E-state index in [1.54, 1.807) is 22.5 Å². The second kappa shape index (κ2) is 7.22. The molecule has 0 radical (unpaired) electrons. The molecule has 0 amide bonds. The van der Waals surface area contributed by atoms with Gasteiger partial charge in [-0.25, -0.2) is 8.42 Å². The summed E-state index contributed by atoms with van der Waals surface area (Å²) in [6.45, 7) is 3.06. The minimum Gasteiger partial charge on any atom is -0.329 e. The molecule has 1 heterocycles. The third-order valence-electron chi connectivity index (χ3n) is 3.62. The Kier molecular flexibility index (Phi) is 6.47. The van der Waals surface area contributed by atoms with Crippen LogP contribution in [0.5, 0.6) is 0 Å². The van der Waals surface area contributed by atoms with E-state index in [0.29, 0.717) is 28.4 Å². The Morgan fingerprint density at radius 3 is 2.65 bits per heavy atom. The molecule has 1 aromatic carbocycles. The first-order chi connectivity index (χ1) is 8.96. The van der Waals surface area contributed by atoms with Crippen LogP contribution in [0.25, 0.3) is 0 Å². The lowest BCUT2D eigenvalue weighted by Gasteiger charge is -2.37. The number of hydrogen-bond donors (Lipinski definition) is 1. The Labute approximate surface area is 135 Å². The predicted molar refractivity (Wildman–Crippen MR) is 86.5 cm³/mol. The smallest absolute Gasteiger partial charge is 0.244 e. The van der Waals surface area contributed by atoms with Crippen molar-refractivity contribution in [1.29, 1.82) is 0 Å². The first-order valence-electron chi connectivity index (χ1n) is 6.43. The fourth-order valence-corrected chi connectivity index (χ4v) is 5.17. The zero-order valence-electron chi connectivity index (χ0n) is 11.3.